The Bertz CT molecular complexity index is 1060. The van der Waals surface area contributed by atoms with Gasteiger partial charge in [-0.25, -0.2) is 0 Å². The van der Waals surface area contributed by atoms with Crippen LogP contribution in [-0.2, 0) is 0 Å². The number of benzene rings is 4. The normalized spacial score (nSPS) is 11.9. The molecule has 28 heavy (non-hydrogen) atoms. The molecule has 4 rings (SSSR count). The molecule has 0 aliphatic heterocycles. The molecule has 0 radical (unpaired) electrons. The highest BCUT2D eigenvalue weighted by Gasteiger charge is 2.24. The minimum atomic E-state index is -0.327. The van der Waals surface area contributed by atoms with E-state index in [2.05, 4.69) is 30.0 Å². The summed E-state index contributed by atoms with van der Waals surface area (Å²) < 4.78 is 0. The number of rotatable bonds is 5. The van der Waals surface area contributed by atoms with Crippen LogP contribution in [0.25, 0.3) is 10.8 Å². The first kappa shape index (κ1) is 18.0. The number of carbonyl (C=O) groups excluding carboxylic acids is 1. The van der Waals surface area contributed by atoms with Crippen molar-refractivity contribution in [1.29, 1.82) is 0 Å². The van der Waals surface area contributed by atoms with Crippen molar-refractivity contribution in [2.75, 3.05) is 4.90 Å². The largest absolute Gasteiger partial charge is 0.331 e. The quantitative estimate of drug-likeness (QED) is 0.373. The summed E-state index contributed by atoms with van der Waals surface area (Å²) in [7, 11) is 0. The summed E-state index contributed by atoms with van der Waals surface area (Å²) in [6.07, 6.45) is 0. The number of anilines is 2. The minimum absolute atomic E-state index is 0.108. The third kappa shape index (κ3) is 3.41. The Kier molecular flexibility index (Phi) is 4.94. The van der Waals surface area contributed by atoms with Crippen molar-refractivity contribution in [3.8, 4) is 0 Å². The van der Waals surface area contributed by atoms with Crippen LogP contribution in [0, 0.1) is 6.92 Å². The van der Waals surface area contributed by atoms with E-state index in [0.717, 1.165) is 22.3 Å². The number of carbonyl (C=O) groups is 1. The van der Waals surface area contributed by atoms with E-state index in [9.17, 15) is 4.79 Å². The lowest BCUT2D eigenvalue weighted by Crippen LogP contribution is -2.35. The molecule has 0 saturated carbocycles. The second-order valence-electron chi connectivity index (χ2n) is 7.09. The van der Waals surface area contributed by atoms with E-state index in [4.69, 9.17) is 0 Å². The third-order valence-electron chi connectivity index (χ3n) is 5.22. The molecular weight excluding hydrogens is 342 g/mol. The third-order valence-corrected chi connectivity index (χ3v) is 5.22. The highest BCUT2D eigenvalue weighted by molar-refractivity contribution is 6.05. The molecule has 0 N–H and O–H groups in total. The molecule has 0 aromatic heterocycles. The summed E-state index contributed by atoms with van der Waals surface area (Å²) in [4.78, 5) is 15.5. The van der Waals surface area contributed by atoms with E-state index < -0.39 is 0 Å². The standard InChI is InChI=1S/C26H23NO/c1-19-10-9-11-21-18-22(16-17-25(19)21)26(28)20(2)27(23-12-5-3-6-13-23)24-14-7-4-8-15-24/h3-18,20H,1-2H3. The van der Waals surface area contributed by atoms with Gasteiger partial charge in [-0.15, -0.1) is 0 Å². The molecule has 2 heteroatoms. The van der Waals surface area contributed by atoms with Crippen LogP contribution in [0.1, 0.15) is 22.8 Å². The Morgan fingerprint density at radius 2 is 1.36 bits per heavy atom. The van der Waals surface area contributed by atoms with Crippen LogP contribution in [0.5, 0.6) is 0 Å². The summed E-state index contributed by atoms with van der Waals surface area (Å²) in [5, 5.41) is 2.29. The molecule has 0 heterocycles. The van der Waals surface area contributed by atoms with Gasteiger partial charge >= 0.3 is 0 Å². The molecule has 4 aromatic rings. The van der Waals surface area contributed by atoms with Gasteiger partial charge in [-0.2, -0.15) is 0 Å². The van der Waals surface area contributed by atoms with Crippen molar-refractivity contribution >= 4 is 27.9 Å². The molecule has 138 valence electrons. The van der Waals surface area contributed by atoms with E-state index in [-0.39, 0.29) is 11.8 Å². The van der Waals surface area contributed by atoms with Crippen LogP contribution >= 0.6 is 0 Å². The first-order valence-electron chi connectivity index (χ1n) is 9.58. The van der Waals surface area contributed by atoms with Crippen LogP contribution in [0.2, 0.25) is 0 Å². The molecule has 0 amide bonds. The summed E-state index contributed by atoms with van der Waals surface area (Å²) in [5.74, 6) is 0.108. The van der Waals surface area contributed by atoms with Gasteiger partial charge in [0.1, 0.15) is 0 Å². The SMILES string of the molecule is Cc1cccc2cc(C(=O)C(C)N(c3ccccc3)c3ccccc3)ccc12. The van der Waals surface area contributed by atoms with Gasteiger partial charge in [0.2, 0.25) is 0 Å². The molecule has 4 aromatic carbocycles. The molecule has 0 saturated heterocycles. The number of hydrogen-bond acceptors (Lipinski definition) is 2. The predicted molar refractivity (Wildman–Crippen MR) is 118 cm³/mol. The van der Waals surface area contributed by atoms with Gasteiger partial charge in [0.25, 0.3) is 0 Å². The molecule has 0 aliphatic rings. The van der Waals surface area contributed by atoms with Crippen LogP contribution in [0.3, 0.4) is 0 Å². The Balaban J connectivity index is 1.74. The van der Waals surface area contributed by atoms with E-state index in [0.29, 0.717) is 0 Å². The van der Waals surface area contributed by atoms with Crippen LogP contribution < -0.4 is 4.90 Å². The summed E-state index contributed by atoms with van der Waals surface area (Å²) >= 11 is 0. The second-order valence-corrected chi connectivity index (χ2v) is 7.09. The van der Waals surface area contributed by atoms with Gasteiger partial charge in [-0.1, -0.05) is 66.7 Å². The van der Waals surface area contributed by atoms with E-state index in [1.165, 1.54) is 10.9 Å². The number of aryl methyl sites for hydroxylation is 1. The topological polar surface area (TPSA) is 20.3 Å². The predicted octanol–water partition coefficient (Wildman–Crippen LogP) is 6.56. The van der Waals surface area contributed by atoms with Gasteiger partial charge in [0.15, 0.2) is 5.78 Å². The molecule has 0 bridgehead atoms. The lowest BCUT2D eigenvalue weighted by atomic mass is 9.98. The zero-order chi connectivity index (χ0) is 19.5. The van der Waals surface area contributed by atoms with E-state index >= 15 is 0 Å². The molecule has 1 atom stereocenters. The molecule has 0 fully saturated rings. The Morgan fingerprint density at radius 1 is 0.750 bits per heavy atom. The minimum Gasteiger partial charge on any atom is -0.331 e. The van der Waals surface area contributed by atoms with Crippen molar-refractivity contribution < 1.29 is 4.79 Å². The molecular formula is C26H23NO. The first-order chi connectivity index (χ1) is 13.6. The maximum atomic E-state index is 13.4. The van der Waals surface area contributed by atoms with Crippen molar-refractivity contribution in [2.24, 2.45) is 0 Å². The van der Waals surface area contributed by atoms with E-state index in [1.807, 2.05) is 85.8 Å². The molecule has 0 aliphatic carbocycles. The Labute approximate surface area is 166 Å². The van der Waals surface area contributed by atoms with E-state index in [1.54, 1.807) is 0 Å². The zero-order valence-corrected chi connectivity index (χ0v) is 16.2. The zero-order valence-electron chi connectivity index (χ0n) is 16.2. The van der Waals surface area contributed by atoms with Crippen molar-refractivity contribution in [3.63, 3.8) is 0 Å². The number of ketones is 1. The summed E-state index contributed by atoms with van der Waals surface area (Å²) in [5.41, 5.74) is 3.97. The van der Waals surface area contributed by atoms with Gasteiger partial charge in [-0.3, -0.25) is 4.79 Å². The summed E-state index contributed by atoms with van der Waals surface area (Å²) in [6.45, 7) is 4.07. The van der Waals surface area contributed by atoms with Crippen molar-refractivity contribution in [3.05, 3.63) is 108 Å². The van der Waals surface area contributed by atoms with Crippen LogP contribution in [0.4, 0.5) is 11.4 Å². The fourth-order valence-electron chi connectivity index (χ4n) is 3.73. The highest BCUT2D eigenvalue weighted by atomic mass is 16.1. The van der Waals surface area contributed by atoms with Gasteiger partial charge < -0.3 is 4.90 Å². The Morgan fingerprint density at radius 3 is 1.96 bits per heavy atom. The fourth-order valence-corrected chi connectivity index (χ4v) is 3.73. The van der Waals surface area contributed by atoms with Crippen LogP contribution in [0.15, 0.2) is 97.1 Å². The average Bonchev–Trinajstić information content (AvgIpc) is 2.75. The smallest absolute Gasteiger partial charge is 0.185 e. The van der Waals surface area contributed by atoms with Gasteiger partial charge in [-0.05, 0) is 60.5 Å². The Hall–Kier alpha value is -3.39. The van der Waals surface area contributed by atoms with Gasteiger partial charge in [0.05, 0.1) is 6.04 Å². The second kappa shape index (κ2) is 7.69. The highest BCUT2D eigenvalue weighted by Crippen LogP contribution is 2.29. The number of nitrogens with zero attached hydrogens (tertiary/aromatic N) is 1. The summed E-state index contributed by atoms with van der Waals surface area (Å²) in [6, 6.07) is 32.0. The van der Waals surface area contributed by atoms with Crippen molar-refractivity contribution in [2.45, 2.75) is 19.9 Å². The fraction of sp³-hybridized carbons (Fsp3) is 0.115. The van der Waals surface area contributed by atoms with Crippen molar-refractivity contribution in [1.82, 2.24) is 0 Å². The molecule has 0 spiro atoms. The molecule has 2 nitrogen and oxygen atoms in total. The molecule has 1 unspecified atom stereocenters. The number of para-hydroxylation sites is 2. The average molecular weight is 365 g/mol. The lowest BCUT2D eigenvalue weighted by Gasteiger charge is -2.30. The maximum Gasteiger partial charge on any atom is 0.185 e. The maximum absolute atomic E-state index is 13.4. The number of hydrogen-bond donors (Lipinski definition) is 0. The first-order valence-corrected chi connectivity index (χ1v) is 9.58. The number of fused-ring (bicyclic) bond motifs is 1. The van der Waals surface area contributed by atoms with Gasteiger partial charge in [0, 0.05) is 16.9 Å². The lowest BCUT2D eigenvalue weighted by molar-refractivity contribution is 0.0968. The monoisotopic (exact) mass is 365 g/mol. The number of Topliss-reactive ketones (excluding diaryl/α,β-unsaturated/α-hetero) is 1. The van der Waals surface area contributed by atoms with Crippen LogP contribution in [-0.4, -0.2) is 11.8 Å².